The second-order valence-corrected chi connectivity index (χ2v) is 31.4. The van der Waals surface area contributed by atoms with Crippen LogP contribution in [0.4, 0.5) is 0 Å². The van der Waals surface area contributed by atoms with Crippen LogP contribution in [0.15, 0.2) is 0 Å². The third-order valence-electron chi connectivity index (χ3n) is 25.3. The number of carbonyl (C=O) groups is 2. The standard InChI is InChI=1S/C16H28O2.C16H26O2.C16H28O2.C15H28O/c2*1-14(2)7-5-8-15(3)11(14)6-9-16(4)12(15)10-13(17)18-16;1-14(2)8-5-9-15(3)12(14)6-10-16(4,18)13(15)7-11-17;1-11-14(4)9-6-8-13(2,3)12(14)7-10-15(11,5)16/h11-13,17H,5-10H2,1-4H3;11-12H,5-10H2,1-4H3;11-13,18H,5-10H2,1-4H3;11-12,16H,6-10H2,1-5H3/t11?,12-,13?,15+,16-;11?,12-,15+,16-;12?,13-,15+,16-;11-,12?,14-,15-/m1111/s1. The number of aldehydes is 1. The lowest BCUT2D eigenvalue weighted by atomic mass is 9.45. The van der Waals surface area contributed by atoms with Gasteiger partial charge in [0.05, 0.1) is 23.2 Å². The van der Waals surface area contributed by atoms with E-state index >= 15 is 0 Å². The second-order valence-electron chi connectivity index (χ2n) is 31.4. The molecule has 17 atom stereocenters. The summed E-state index contributed by atoms with van der Waals surface area (Å²) in [6, 6.07) is 0. The van der Waals surface area contributed by atoms with Crippen LogP contribution in [0.5, 0.6) is 0 Å². The Balaban J connectivity index is 0.000000138. The number of rotatable bonds is 2. The number of aliphatic hydroxyl groups excluding tert-OH is 1. The molecule has 2 heterocycles. The molecule has 8 saturated carbocycles. The molecule has 3 N–H and O–H groups in total. The van der Waals surface area contributed by atoms with Crippen molar-refractivity contribution < 1.29 is 34.4 Å². The monoisotopic (exact) mass is 979 g/mol. The van der Waals surface area contributed by atoms with Gasteiger partial charge in [-0.05, 0) is 215 Å². The van der Waals surface area contributed by atoms with Crippen LogP contribution < -0.4 is 0 Å². The molecule has 0 aromatic rings. The van der Waals surface area contributed by atoms with E-state index in [1.807, 2.05) is 13.8 Å². The maximum absolute atomic E-state index is 11.8. The van der Waals surface area contributed by atoms with Gasteiger partial charge in [-0.2, -0.15) is 0 Å². The summed E-state index contributed by atoms with van der Waals surface area (Å²) in [4.78, 5) is 22.8. The maximum atomic E-state index is 11.8. The average Bonchev–Trinajstić information content (AvgIpc) is 3.72. The highest BCUT2D eigenvalue weighted by Gasteiger charge is 2.64. The topological polar surface area (TPSA) is 113 Å². The van der Waals surface area contributed by atoms with E-state index in [1.165, 1.54) is 89.9 Å². The molecule has 2 saturated heterocycles. The van der Waals surface area contributed by atoms with Gasteiger partial charge in [0.1, 0.15) is 11.9 Å². The molecule has 0 bridgehead atoms. The minimum absolute atomic E-state index is 0.0350. The lowest BCUT2D eigenvalue weighted by Gasteiger charge is -2.61. The van der Waals surface area contributed by atoms with Crippen LogP contribution in [-0.4, -0.2) is 56.3 Å². The van der Waals surface area contributed by atoms with Crippen molar-refractivity contribution in [3.05, 3.63) is 0 Å². The molecule has 0 aromatic heterocycles. The molecule has 7 heteroatoms. The zero-order valence-corrected chi connectivity index (χ0v) is 48.5. The number of ether oxygens (including phenoxy) is 2. The molecule has 10 rings (SSSR count). The molecule has 10 fully saturated rings. The molecule has 0 radical (unpaired) electrons. The zero-order chi connectivity index (χ0) is 52.2. The summed E-state index contributed by atoms with van der Waals surface area (Å²) in [5, 5.41) is 31.1. The zero-order valence-electron chi connectivity index (χ0n) is 48.5. The normalized spacial score (nSPS) is 51.1. The highest BCUT2D eigenvalue weighted by Crippen LogP contribution is 2.68. The summed E-state index contributed by atoms with van der Waals surface area (Å²) in [6.45, 7) is 39.7. The van der Waals surface area contributed by atoms with Crippen LogP contribution in [0.3, 0.4) is 0 Å². The van der Waals surface area contributed by atoms with E-state index in [0.717, 1.165) is 69.0 Å². The molecular formula is C63H110O7. The van der Waals surface area contributed by atoms with Gasteiger partial charge in [-0.25, -0.2) is 0 Å². The Morgan fingerprint density at radius 2 is 0.871 bits per heavy atom. The summed E-state index contributed by atoms with van der Waals surface area (Å²) in [5.41, 5.74) is 1.51. The fourth-order valence-corrected chi connectivity index (χ4v) is 21.5. The molecule has 404 valence electrons. The van der Waals surface area contributed by atoms with Crippen LogP contribution >= 0.6 is 0 Å². The van der Waals surface area contributed by atoms with Crippen LogP contribution in [0, 0.1) is 90.7 Å². The Morgan fingerprint density at radius 1 is 0.486 bits per heavy atom. The van der Waals surface area contributed by atoms with Crippen molar-refractivity contribution in [2.24, 2.45) is 90.7 Å². The minimum Gasteiger partial charge on any atom is -0.459 e. The van der Waals surface area contributed by atoms with Crippen molar-refractivity contribution in [1.82, 2.24) is 0 Å². The SMILES string of the molecule is CC1(C)CCC[C@@]2(C)C1CC[C@@](C)(O)[C@@H]2CC=O.CC1(C)CCC[C@@]2(C)C1CC[C@@]1(C)OC(=O)C[C@@H]12.CC1(C)CCC[C@@]2(C)C1CC[C@@]1(C)OC(O)C[C@@H]12.C[C@@H]1[C@@]2(C)CCCC(C)(C)C2CC[C@@]1(C)O. The maximum Gasteiger partial charge on any atom is 0.306 e. The molecule has 8 aliphatic carbocycles. The average molecular weight is 980 g/mol. The lowest BCUT2D eigenvalue weighted by molar-refractivity contribution is -0.181. The smallest absolute Gasteiger partial charge is 0.306 e. The van der Waals surface area contributed by atoms with E-state index in [9.17, 15) is 24.9 Å². The first kappa shape index (κ1) is 56.7. The van der Waals surface area contributed by atoms with Crippen molar-refractivity contribution in [3.63, 3.8) is 0 Å². The predicted molar refractivity (Wildman–Crippen MR) is 285 cm³/mol. The van der Waals surface area contributed by atoms with Gasteiger partial charge in [0, 0.05) is 18.8 Å². The van der Waals surface area contributed by atoms with E-state index in [4.69, 9.17) is 9.47 Å². The summed E-state index contributed by atoms with van der Waals surface area (Å²) in [5.74, 6) is 4.56. The van der Waals surface area contributed by atoms with Crippen molar-refractivity contribution in [3.8, 4) is 0 Å². The molecule has 0 aromatic carbocycles. The Hall–Kier alpha value is -1.02. The van der Waals surface area contributed by atoms with Crippen molar-refractivity contribution >= 4 is 12.3 Å². The molecule has 0 amide bonds. The first-order valence-electron chi connectivity index (χ1n) is 29.5. The summed E-state index contributed by atoms with van der Waals surface area (Å²) >= 11 is 0. The quantitative estimate of drug-likeness (QED) is 0.187. The van der Waals surface area contributed by atoms with Gasteiger partial charge in [-0.1, -0.05) is 116 Å². The largest absolute Gasteiger partial charge is 0.459 e. The predicted octanol–water partition coefficient (Wildman–Crippen LogP) is 15.2. The van der Waals surface area contributed by atoms with Gasteiger partial charge < -0.3 is 29.6 Å². The Bertz CT molecular complexity index is 1850. The highest BCUT2D eigenvalue weighted by molar-refractivity contribution is 5.73. The molecule has 5 unspecified atom stereocenters. The summed E-state index contributed by atoms with van der Waals surface area (Å²) in [6.07, 6.45) is 26.9. The minimum atomic E-state index is -0.667. The van der Waals surface area contributed by atoms with Gasteiger partial charge >= 0.3 is 5.97 Å². The van der Waals surface area contributed by atoms with Gasteiger partial charge in [0.2, 0.25) is 0 Å². The van der Waals surface area contributed by atoms with E-state index < -0.39 is 17.5 Å². The van der Waals surface area contributed by atoms with Crippen molar-refractivity contribution in [2.75, 3.05) is 0 Å². The number of hydrogen-bond acceptors (Lipinski definition) is 7. The number of aliphatic hydroxyl groups is 3. The molecular weight excluding hydrogens is 869 g/mol. The number of carbonyl (C=O) groups excluding carboxylic acids is 2. The summed E-state index contributed by atoms with van der Waals surface area (Å²) in [7, 11) is 0. The molecule has 2 aliphatic heterocycles. The fraction of sp³-hybridized carbons (Fsp3) is 0.968. The van der Waals surface area contributed by atoms with E-state index in [2.05, 4.69) is 104 Å². The third-order valence-corrected chi connectivity index (χ3v) is 25.3. The summed E-state index contributed by atoms with van der Waals surface area (Å²) < 4.78 is 11.6. The number of fused-ring (bicyclic) bond motifs is 8. The van der Waals surface area contributed by atoms with Gasteiger partial charge in [0.15, 0.2) is 6.29 Å². The van der Waals surface area contributed by atoms with Crippen LogP contribution in [0.25, 0.3) is 0 Å². The van der Waals surface area contributed by atoms with Crippen LogP contribution in [0.2, 0.25) is 0 Å². The fourth-order valence-electron chi connectivity index (χ4n) is 21.5. The van der Waals surface area contributed by atoms with Gasteiger partial charge in [-0.15, -0.1) is 0 Å². The highest BCUT2D eigenvalue weighted by atomic mass is 16.6. The Morgan fingerprint density at radius 3 is 1.36 bits per heavy atom. The number of hydrogen-bond donors (Lipinski definition) is 3. The van der Waals surface area contributed by atoms with Gasteiger partial charge in [-0.3, -0.25) is 4.79 Å². The Kier molecular flexibility index (Phi) is 15.3. The van der Waals surface area contributed by atoms with Gasteiger partial charge in [0.25, 0.3) is 0 Å². The first-order chi connectivity index (χ1) is 32.0. The lowest BCUT2D eigenvalue weighted by Crippen LogP contribution is -2.57. The van der Waals surface area contributed by atoms with Crippen LogP contribution in [0.1, 0.15) is 265 Å². The molecule has 70 heavy (non-hydrogen) atoms. The number of esters is 1. The van der Waals surface area contributed by atoms with Crippen molar-refractivity contribution in [1.29, 1.82) is 0 Å². The van der Waals surface area contributed by atoms with E-state index in [1.54, 1.807) is 0 Å². The molecule has 10 aliphatic rings. The van der Waals surface area contributed by atoms with E-state index in [0.29, 0.717) is 74.4 Å². The molecule has 0 spiro atoms. The third kappa shape index (κ3) is 9.86. The molecule has 7 nitrogen and oxygen atoms in total. The second kappa shape index (κ2) is 18.9. The van der Waals surface area contributed by atoms with Crippen LogP contribution in [-0.2, 0) is 19.1 Å². The first-order valence-corrected chi connectivity index (χ1v) is 29.5. The van der Waals surface area contributed by atoms with Crippen molar-refractivity contribution in [2.45, 2.75) is 294 Å². The Labute approximate surface area is 429 Å². The van der Waals surface area contributed by atoms with E-state index in [-0.39, 0.29) is 28.5 Å².